The average Bonchev–Trinajstić information content (AvgIpc) is 3.16. The highest BCUT2D eigenvalue weighted by molar-refractivity contribution is 7.99. The Morgan fingerprint density at radius 1 is 1.35 bits per heavy atom. The molecule has 1 aliphatic heterocycles. The fraction of sp³-hybridized carbons (Fsp3) is 0.471. The predicted molar refractivity (Wildman–Crippen MR) is 94.2 cm³/mol. The number of rotatable bonds is 6. The van der Waals surface area contributed by atoms with Crippen LogP contribution in [0.15, 0.2) is 34.2 Å². The van der Waals surface area contributed by atoms with Gasteiger partial charge in [-0.1, -0.05) is 11.8 Å². The molecule has 3 heterocycles. The van der Waals surface area contributed by atoms with Crippen LogP contribution in [-0.4, -0.2) is 57.4 Å². The van der Waals surface area contributed by atoms with Gasteiger partial charge in [0, 0.05) is 25.5 Å². The van der Waals surface area contributed by atoms with Crippen molar-refractivity contribution < 1.29 is 18.7 Å². The molecule has 0 N–H and O–H groups in total. The highest BCUT2D eigenvalue weighted by Gasteiger charge is 2.28. The normalized spacial score (nSPS) is 15.0. The van der Waals surface area contributed by atoms with Gasteiger partial charge in [0.2, 0.25) is 11.8 Å². The van der Waals surface area contributed by atoms with E-state index in [1.807, 2.05) is 6.07 Å². The first-order valence-corrected chi connectivity index (χ1v) is 9.47. The average molecular weight is 376 g/mol. The van der Waals surface area contributed by atoms with Crippen molar-refractivity contribution in [2.24, 2.45) is 5.92 Å². The Hall–Kier alpha value is -2.42. The van der Waals surface area contributed by atoms with Crippen molar-refractivity contribution >= 4 is 23.6 Å². The lowest BCUT2D eigenvalue weighted by atomic mass is 9.97. The Kier molecular flexibility index (Phi) is 6.21. The van der Waals surface area contributed by atoms with Crippen molar-refractivity contribution in [3.8, 4) is 11.5 Å². The maximum Gasteiger partial charge on any atom is 0.309 e. The Bertz CT molecular complexity index is 744. The minimum absolute atomic E-state index is 0.00145. The number of thioether (sulfide) groups is 1. The van der Waals surface area contributed by atoms with Crippen molar-refractivity contribution in [1.29, 1.82) is 0 Å². The van der Waals surface area contributed by atoms with Crippen molar-refractivity contribution in [3.63, 3.8) is 0 Å². The van der Waals surface area contributed by atoms with Crippen LogP contribution in [0.4, 0.5) is 0 Å². The SMILES string of the molecule is CCOC(=O)C1CCN(C(=O)CSc2nnc(-c3cccnc3)o2)CC1. The zero-order valence-corrected chi connectivity index (χ0v) is 15.3. The highest BCUT2D eigenvalue weighted by Crippen LogP contribution is 2.24. The molecule has 2 aromatic rings. The van der Waals surface area contributed by atoms with Crippen LogP contribution in [0.2, 0.25) is 0 Å². The van der Waals surface area contributed by atoms with Gasteiger partial charge in [0.25, 0.3) is 5.22 Å². The molecule has 1 fully saturated rings. The van der Waals surface area contributed by atoms with Crippen LogP contribution < -0.4 is 0 Å². The summed E-state index contributed by atoms with van der Waals surface area (Å²) in [5.41, 5.74) is 0.735. The van der Waals surface area contributed by atoms with Crippen LogP contribution in [0.3, 0.4) is 0 Å². The van der Waals surface area contributed by atoms with Gasteiger partial charge in [-0.15, -0.1) is 10.2 Å². The molecule has 0 aromatic carbocycles. The molecule has 8 nitrogen and oxygen atoms in total. The first kappa shape index (κ1) is 18.4. The molecule has 2 aromatic heterocycles. The molecule has 1 aliphatic rings. The van der Waals surface area contributed by atoms with Gasteiger partial charge in [-0.25, -0.2) is 0 Å². The lowest BCUT2D eigenvalue weighted by Gasteiger charge is -2.30. The first-order chi connectivity index (χ1) is 12.7. The molecule has 0 atom stereocenters. The van der Waals surface area contributed by atoms with Crippen molar-refractivity contribution in [2.75, 3.05) is 25.4 Å². The summed E-state index contributed by atoms with van der Waals surface area (Å²) in [5, 5.41) is 8.27. The molecular weight excluding hydrogens is 356 g/mol. The van der Waals surface area contributed by atoms with E-state index in [2.05, 4.69) is 15.2 Å². The summed E-state index contributed by atoms with van der Waals surface area (Å²) in [6.45, 7) is 3.31. The van der Waals surface area contributed by atoms with Gasteiger partial charge in [-0.05, 0) is 31.9 Å². The molecule has 0 aliphatic carbocycles. The lowest BCUT2D eigenvalue weighted by molar-refractivity contribution is -0.151. The van der Waals surface area contributed by atoms with Crippen LogP contribution >= 0.6 is 11.8 Å². The van der Waals surface area contributed by atoms with Crippen LogP contribution in [0.5, 0.6) is 0 Å². The second kappa shape index (κ2) is 8.79. The van der Waals surface area contributed by atoms with Crippen LogP contribution in [0, 0.1) is 5.92 Å². The van der Waals surface area contributed by atoms with Crippen molar-refractivity contribution in [1.82, 2.24) is 20.1 Å². The number of esters is 1. The van der Waals surface area contributed by atoms with E-state index in [1.165, 1.54) is 11.8 Å². The van der Waals surface area contributed by atoms with Gasteiger partial charge in [-0.2, -0.15) is 0 Å². The topological polar surface area (TPSA) is 98.4 Å². The number of pyridine rings is 1. The summed E-state index contributed by atoms with van der Waals surface area (Å²) in [7, 11) is 0. The fourth-order valence-corrected chi connectivity index (χ4v) is 3.38. The number of hydrogen-bond donors (Lipinski definition) is 0. The molecule has 3 rings (SSSR count). The largest absolute Gasteiger partial charge is 0.466 e. The fourth-order valence-electron chi connectivity index (χ4n) is 2.71. The second-order valence-corrected chi connectivity index (χ2v) is 6.74. The number of nitrogens with zero attached hydrogens (tertiary/aromatic N) is 4. The van der Waals surface area contributed by atoms with Crippen LogP contribution in [0.25, 0.3) is 11.5 Å². The van der Waals surface area contributed by atoms with Crippen LogP contribution in [0.1, 0.15) is 19.8 Å². The number of hydrogen-bond acceptors (Lipinski definition) is 8. The standard InChI is InChI=1S/C17H20N4O4S/c1-2-24-16(23)12-5-8-21(9-6-12)14(22)11-26-17-20-19-15(25-17)13-4-3-7-18-10-13/h3-4,7,10,12H,2,5-6,8-9,11H2,1H3. The van der Waals surface area contributed by atoms with Crippen LogP contribution in [-0.2, 0) is 14.3 Å². The van der Waals surface area contributed by atoms with E-state index in [4.69, 9.17) is 9.15 Å². The lowest BCUT2D eigenvalue weighted by Crippen LogP contribution is -2.41. The summed E-state index contributed by atoms with van der Waals surface area (Å²) in [6.07, 6.45) is 4.59. The zero-order chi connectivity index (χ0) is 18.4. The van der Waals surface area contributed by atoms with Gasteiger partial charge in [0.05, 0.1) is 23.8 Å². The Labute approximate surface area is 155 Å². The number of amides is 1. The van der Waals surface area contributed by atoms with Crippen molar-refractivity contribution in [2.45, 2.75) is 25.0 Å². The summed E-state index contributed by atoms with van der Waals surface area (Å²) in [6, 6.07) is 3.61. The summed E-state index contributed by atoms with van der Waals surface area (Å²) < 4.78 is 10.6. The number of carbonyl (C=O) groups excluding carboxylic acids is 2. The van der Waals surface area contributed by atoms with E-state index in [9.17, 15) is 9.59 Å². The maximum absolute atomic E-state index is 12.3. The van der Waals surface area contributed by atoms with Gasteiger partial charge in [-0.3, -0.25) is 14.6 Å². The second-order valence-electron chi connectivity index (χ2n) is 5.81. The quantitative estimate of drug-likeness (QED) is 0.558. The van der Waals surface area contributed by atoms with E-state index in [-0.39, 0.29) is 23.5 Å². The molecule has 0 bridgehead atoms. The minimum atomic E-state index is -0.164. The smallest absolute Gasteiger partial charge is 0.309 e. The number of aromatic nitrogens is 3. The number of piperidine rings is 1. The molecule has 0 radical (unpaired) electrons. The number of carbonyl (C=O) groups is 2. The summed E-state index contributed by atoms with van der Waals surface area (Å²) >= 11 is 1.21. The predicted octanol–water partition coefficient (Wildman–Crippen LogP) is 2.03. The van der Waals surface area contributed by atoms with Gasteiger partial charge >= 0.3 is 5.97 Å². The third kappa shape index (κ3) is 4.60. The van der Waals surface area contributed by atoms with Crippen molar-refractivity contribution in [3.05, 3.63) is 24.5 Å². The molecule has 0 spiro atoms. The third-order valence-corrected chi connectivity index (χ3v) is 4.90. The summed E-state index contributed by atoms with van der Waals surface area (Å²) in [4.78, 5) is 29.9. The Balaban J connectivity index is 1.46. The highest BCUT2D eigenvalue weighted by atomic mass is 32.2. The first-order valence-electron chi connectivity index (χ1n) is 8.48. The third-order valence-electron chi connectivity index (χ3n) is 4.10. The molecular formula is C17H20N4O4S. The Morgan fingerprint density at radius 3 is 2.85 bits per heavy atom. The van der Waals surface area contributed by atoms with Gasteiger partial charge < -0.3 is 14.1 Å². The molecule has 0 saturated carbocycles. The molecule has 26 heavy (non-hydrogen) atoms. The molecule has 138 valence electrons. The monoisotopic (exact) mass is 376 g/mol. The van der Waals surface area contributed by atoms with E-state index < -0.39 is 0 Å². The van der Waals surface area contributed by atoms with E-state index >= 15 is 0 Å². The number of likely N-dealkylation sites (tertiary alicyclic amines) is 1. The van der Waals surface area contributed by atoms with Gasteiger partial charge in [0.1, 0.15) is 0 Å². The molecule has 0 unspecified atom stereocenters. The molecule has 9 heteroatoms. The molecule has 1 amide bonds. The Morgan fingerprint density at radius 2 is 2.15 bits per heavy atom. The van der Waals surface area contributed by atoms with E-state index in [1.54, 1.807) is 30.3 Å². The van der Waals surface area contributed by atoms with E-state index in [0.29, 0.717) is 43.7 Å². The summed E-state index contributed by atoms with van der Waals surface area (Å²) in [5.74, 6) is 0.327. The zero-order valence-electron chi connectivity index (χ0n) is 14.5. The molecule has 1 saturated heterocycles. The maximum atomic E-state index is 12.3. The van der Waals surface area contributed by atoms with E-state index in [0.717, 1.165) is 5.56 Å². The van der Waals surface area contributed by atoms with Gasteiger partial charge in [0.15, 0.2) is 0 Å². The number of ether oxygens (including phenoxy) is 1. The minimum Gasteiger partial charge on any atom is -0.466 e.